The Morgan fingerprint density at radius 3 is 2.71 bits per heavy atom. The van der Waals surface area contributed by atoms with E-state index < -0.39 is 0 Å². The van der Waals surface area contributed by atoms with Crippen molar-refractivity contribution in [1.82, 2.24) is 0 Å². The lowest BCUT2D eigenvalue weighted by Crippen LogP contribution is -2.33. The maximum atomic E-state index is 3.60. The summed E-state index contributed by atoms with van der Waals surface area (Å²) in [6.07, 6.45) is 7.02. The van der Waals surface area contributed by atoms with Crippen molar-refractivity contribution in [1.29, 1.82) is 0 Å². The number of benzene rings is 1. The molecule has 1 heterocycles. The van der Waals surface area contributed by atoms with E-state index in [-0.39, 0.29) is 0 Å². The molecule has 1 aliphatic carbocycles. The fraction of sp³-hybridized carbons (Fsp3) is 0.538. The monoisotopic (exact) mass is 187 g/mol. The van der Waals surface area contributed by atoms with Crippen LogP contribution in [0.25, 0.3) is 0 Å². The lowest BCUT2D eigenvalue weighted by Gasteiger charge is -2.35. The normalized spacial score (nSPS) is 23.1. The molecule has 14 heavy (non-hydrogen) atoms. The van der Waals surface area contributed by atoms with Crippen molar-refractivity contribution >= 4 is 5.69 Å². The van der Waals surface area contributed by atoms with Crippen molar-refractivity contribution in [2.75, 3.05) is 11.9 Å². The summed E-state index contributed by atoms with van der Waals surface area (Å²) < 4.78 is 0. The second kappa shape index (κ2) is 3.01. The molecule has 3 rings (SSSR count). The zero-order valence-electron chi connectivity index (χ0n) is 8.55. The van der Waals surface area contributed by atoms with E-state index in [1.807, 2.05) is 0 Å². The molecule has 0 radical (unpaired) electrons. The number of hydrogen-bond donors (Lipinski definition) is 1. The van der Waals surface area contributed by atoms with Crippen molar-refractivity contribution in [3.8, 4) is 0 Å². The van der Waals surface area contributed by atoms with Crippen LogP contribution >= 0.6 is 0 Å². The quantitative estimate of drug-likeness (QED) is 0.657. The third kappa shape index (κ3) is 1.23. The average Bonchev–Trinajstić information content (AvgIpc) is 2.66. The van der Waals surface area contributed by atoms with E-state index in [2.05, 4.69) is 29.6 Å². The van der Waals surface area contributed by atoms with E-state index in [0.717, 1.165) is 0 Å². The summed E-state index contributed by atoms with van der Waals surface area (Å²) in [5.74, 6) is 0. The second-order valence-corrected chi connectivity index (χ2v) is 4.89. The van der Waals surface area contributed by atoms with Gasteiger partial charge >= 0.3 is 0 Å². The highest BCUT2D eigenvalue weighted by atomic mass is 14.9. The van der Waals surface area contributed by atoms with Crippen LogP contribution in [-0.4, -0.2) is 6.54 Å². The van der Waals surface area contributed by atoms with Crippen LogP contribution in [0, 0.1) is 5.41 Å². The van der Waals surface area contributed by atoms with Crippen LogP contribution in [0.1, 0.15) is 31.2 Å². The maximum Gasteiger partial charge on any atom is 0.0373 e. The Balaban J connectivity index is 1.92. The highest BCUT2D eigenvalue weighted by Crippen LogP contribution is 2.44. The average molecular weight is 187 g/mol. The molecular formula is C13H17N. The van der Waals surface area contributed by atoms with E-state index in [1.54, 1.807) is 0 Å². The molecule has 1 saturated carbocycles. The highest BCUT2D eigenvalue weighted by molar-refractivity contribution is 5.53. The first-order valence-electron chi connectivity index (χ1n) is 5.70. The fourth-order valence-electron chi connectivity index (χ4n) is 3.07. The zero-order chi connectivity index (χ0) is 9.43. The van der Waals surface area contributed by atoms with Crippen LogP contribution in [0.3, 0.4) is 0 Å². The van der Waals surface area contributed by atoms with Gasteiger partial charge in [-0.1, -0.05) is 31.0 Å². The first-order chi connectivity index (χ1) is 6.88. The van der Waals surface area contributed by atoms with Crippen LogP contribution in [0.5, 0.6) is 0 Å². The van der Waals surface area contributed by atoms with Crippen LogP contribution in [0.2, 0.25) is 0 Å². The van der Waals surface area contributed by atoms with Crippen LogP contribution in [0.15, 0.2) is 24.3 Å². The van der Waals surface area contributed by atoms with Gasteiger partial charge in [0.25, 0.3) is 0 Å². The molecule has 1 aromatic carbocycles. The summed E-state index contributed by atoms with van der Waals surface area (Å²) in [4.78, 5) is 0. The highest BCUT2D eigenvalue weighted by Gasteiger charge is 2.36. The van der Waals surface area contributed by atoms with Gasteiger partial charge in [0.15, 0.2) is 0 Å². The topological polar surface area (TPSA) is 12.0 Å². The van der Waals surface area contributed by atoms with E-state index >= 15 is 0 Å². The summed E-state index contributed by atoms with van der Waals surface area (Å²) in [5, 5.41) is 3.60. The Labute approximate surface area is 85.5 Å². The number of para-hydroxylation sites is 1. The molecule has 0 amide bonds. The predicted molar refractivity (Wildman–Crippen MR) is 59.5 cm³/mol. The maximum absolute atomic E-state index is 3.60. The molecule has 1 aromatic rings. The number of anilines is 1. The van der Waals surface area contributed by atoms with Gasteiger partial charge in [0.1, 0.15) is 0 Å². The van der Waals surface area contributed by atoms with Gasteiger partial charge in [-0.3, -0.25) is 0 Å². The van der Waals surface area contributed by atoms with Gasteiger partial charge in [0.05, 0.1) is 0 Å². The lowest BCUT2D eigenvalue weighted by atomic mass is 9.77. The van der Waals surface area contributed by atoms with Gasteiger partial charge in [-0.2, -0.15) is 0 Å². The van der Waals surface area contributed by atoms with E-state index in [0.29, 0.717) is 5.41 Å². The molecule has 1 aliphatic heterocycles. The van der Waals surface area contributed by atoms with Crippen molar-refractivity contribution in [2.45, 2.75) is 32.1 Å². The minimum absolute atomic E-state index is 0.606. The minimum atomic E-state index is 0.606. The van der Waals surface area contributed by atoms with E-state index in [1.165, 1.54) is 49.9 Å². The van der Waals surface area contributed by atoms with E-state index in [9.17, 15) is 0 Å². The Morgan fingerprint density at radius 1 is 1.07 bits per heavy atom. The third-order valence-electron chi connectivity index (χ3n) is 3.90. The molecule has 1 nitrogen and oxygen atoms in total. The standard InChI is InChI=1S/C13H17N/c1-2-6-12-11(5-1)9-13(10-14-12)7-3-4-8-13/h1-2,5-6,14H,3-4,7-10H2. The molecule has 1 fully saturated rings. The van der Waals surface area contributed by atoms with Crippen LogP contribution in [-0.2, 0) is 6.42 Å². The third-order valence-corrected chi connectivity index (χ3v) is 3.90. The first kappa shape index (κ1) is 8.34. The van der Waals surface area contributed by atoms with Crippen LogP contribution < -0.4 is 5.32 Å². The Kier molecular flexibility index (Phi) is 1.79. The summed E-state index contributed by atoms with van der Waals surface area (Å²) in [6, 6.07) is 8.77. The number of nitrogens with one attached hydrogen (secondary N) is 1. The second-order valence-electron chi connectivity index (χ2n) is 4.89. The molecule has 74 valence electrons. The SMILES string of the molecule is c1ccc2c(c1)CC1(CCCC1)CN2. The smallest absolute Gasteiger partial charge is 0.0373 e. The Morgan fingerprint density at radius 2 is 1.86 bits per heavy atom. The zero-order valence-corrected chi connectivity index (χ0v) is 8.55. The number of fused-ring (bicyclic) bond motifs is 1. The van der Waals surface area contributed by atoms with Crippen molar-refractivity contribution in [3.63, 3.8) is 0 Å². The van der Waals surface area contributed by atoms with E-state index in [4.69, 9.17) is 0 Å². The van der Waals surface area contributed by atoms with Gasteiger partial charge in [0, 0.05) is 12.2 Å². The molecule has 0 aromatic heterocycles. The molecule has 2 aliphatic rings. The van der Waals surface area contributed by atoms with Crippen molar-refractivity contribution in [3.05, 3.63) is 29.8 Å². The molecular weight excluding hydrogens is 170 g/mol. The minimum Gasteiger partial charge on any atom is -0.384 e. The van der Waals surface area contributed by atoms with Crippen molar-refractivity contribution < 1.29 is 0 Å². The van der Waals surface area contributed by atoms with Gasteiger partial charge in [-0.25, -0.2) is 0 Å². The van der Waals surface area contributed by atoms with Gasteiger partial charge in [-0.15, -0.1) is 0 Å². The molecule has 0 saturated heterocycles. The predicted octanol–water partition coefficient (Wildman–Crippen LogP) is 3.22. The summed E-state index contributed by atoms with van der Waals surface area (Å²) in [7, 11) is 0. The number of hydrogen-bond acceptors (Lipinski definition) is 1. The first-order valence-corrected chi connectivity index (χ1v) is 5.70. The molecule has 1 heteroatoms. The van der Waals surface area contributed by atoms with Crippen molar-refractivity contribution in [2.24, 2.45) is 5.41 Å². The molecule has 1 N–H and O–H groups in total. The number of rotatable bonds is 0. The van der Waals surface area contributed by atoms with Gasteiger partial charge in [0.2, 0.25) is 0 Å². The lowest BCUT2D eigenvalue weighted by molar-refractivity contribution is 0.309. The summed E-state index contributed by atoms with van der Waals surface area (Å²) in [5.41, 5.74) is 3.50. The van der Waals surface area contributed by atoms with Gasteiger partial charge < -0.3 is 5.32 Å². The van der Waals surface area contributed by atoms with Crippen LogP contribution in [0.4, 0.5) is 5.69 Å². The molecule has 0 bridgehead atoms. The Hall–Kier alpha value is -0.980. The molecule has 1 spiro atoms. The summed E-state index contributed by atoms with van der Waals surface area (Å²) >= 11 is 0. The summed E-state index contributed by atoms with van der Waals surface area (Å²) in [6.45, 7) is 1.20. The molecule has 0 unspecified atom stereocenters. The Bertz CT molecular complexity index is 337. The molecule has 0 atom stereocenters. The van der Waals surface area contributed by atoms with Gasteiger partial charge in [-0.05, 0) is 36.3 Å². The largest absolute Gasteiger partial charge is 0.384 e. The fourth-order valence-corrected chi connectivity index (χ4v) is 3.07.